The average Bonchev–Trinajstić information content (AvgIpc) is 3.26. The monoisotopic (exact) mass is 578 g/mol. The Morgan fingerprint density at radius 3 is 1.49 bits per heavy atom. The summed E-state index contributed by atoms with van der Waals surface area (Å²) in [5.74, 6) is 1.92. The van der Waals surface area contributed by atoms with Crippen molar-refractivity contribution in [1.82, 2.24) is 0 Å². The number of rotatable bonds is 6. The maximum absolute atomic E-state index is 6.62. The van der Waals surface area contributed by atoms with Crippen LogP contribution in [0.15, 0.2) is 84.9 Å². The van der Waals surface area contributed by atoms with Gasteiger partial charge in [0.15, 0.2) is 0 Å². The molecule has 0 fully saturated rings. The summed E-state index contributed by atoms with van der Waals surface area (Å²) in [6.07, 6.45) is 0.948. The molecular weight excluding hydrogens is 533 g/mol. The molecule has 0 bridgehead atoms. The Balaban J connectivity index is 1.56. The Bertz CT molecular complexity index is 1550. The minimum Gasteiger partial charge on any atom is -0.544 e. The van der Waals surface area contributed by atoms with Crippen molar-refractivity contribution < 1.29 is 8.85 Å². The minimum atomic E-state index is -1.91. The topological polar surface area (TPSA) is 18.5 Å². The van der Waals surface area contributed by atoms with E-state index in [1.807, 2.05) is 0 Å². The third-order valence-corrected chi connectivity index (χ3v) is 18.4. The number of fused-ring (bicyclic) bond motifs is 3. The van der Waals surface area contributed by atoms with E-state index in [1.165, 1.54) is 44.5 Å². The molecule has 0 aromatic heterocycles. The van der Waals surface area contributed by atoms with Crippen molar-refractivity contribution in [2.24, 2.45) is 0 Å². The van der Waals surface area contributed by atoms with Crippen LogP contribution in [0.4, 0.5) is 0 Å². The van der Waals surface area contributed by atoms with Crippen LogP contribution < -0.4 is 8.85 Å². The maximum Gasteiger partial charge on any atom is 0.250 e. The van der Waals surface area contributed by atoms with Gasteiger partial charge in [-0.05, 0) is 111 Å². The third-order valence-electron chi connectivity index (χ3n) is 9.65. The van der Waals surface area contributed by atoms with Gasteiger partial charge in [0.1, 0.15) is 11.5 Å². The van der Waals surface area contributed by atoms with Crippen molar-refractivity contribution in [2.45, 2.75) is 84.2 Å². The van der Waals surface area contributed by atoms with Crippen molar-refractivity contribution in [3.8, 4) is 44.9 Å². The molecule has 1 aliphatic rings. The van der Waals surface area contributed by atoms with Gasteiger partial charge in [-0.25, -0.2) is 0 Å². The molecule has 0 saturated carbocycles. The Kier molecular flexibility index (Phi) is 7.40. The van der Waals surface area contributed by atoms with Crippen LogP contribution in [0.25, 0.3) is 33.4 Å². The van der Waals surface area contributed by atoms with Gasteiger partial charge in [0.25, 0.3) is 0 Å². The molecule has 0 unspecified atom stereocenters. The van der Waals surface area contributed by atoms with E-state index in [1.54, 1.807) is 0 Å². The van der Waals surface area contributed by atoms with E-state index in [4.69, 9.17) is 8.85 Å². The largest absolute Gasteiger partial charge is 0.544 e. The quantitative estimate of drug-likeness (QED) is 0.187. The lowest BCUT2D eigenvalue weighted by Crippen LogP contribution is -2.43. The highest BCUT2D eigenvalue weighted by Crippen LogP contribution is 2.47. The van der Waals surface area contributed by atoms with Crippen LogP contribution in [0.2, 0.25) is 36.3 Å². The standard InChI is InChI=1S/C37H46O2Si2/c1-36(2,3)40(7,8)38-29-19-15-26(16-20-29)32-23-24-33-31-14-12-11-13-28(31)25-34(33)35(32)27-17-21-30(22-18-27)39-41(9,10)37(4,5)6/h11-24H,25H2,1-10H3. The lowest BCUT2D eigenvalue weighted by Gasteiger charge is -2.36. The Morgan fingerprint density at radius 2 is 0.976 bits per heavy atom. The van der Waals surface area contributed by atoms with E-state index in [2.05, 4.69) is 153 Å². The fraction of sp³-hybridized carbons (Fsp3) is 0.351. The second kappa shape index (κ2) is 10.3. The summed E-state index contributed by atoms with van der Waals surface area (Å²) in [7, 11) is -3.81. The third kappa shape index (κ3) is 5.69. The minimum absolute atomic E-state index is 0.158. The Hall–Kier alpha value is -3.09. The smallest absolute Gasteiger partial charge is 0.250 e. The molecule has 4 aromatic carbocycles. The van der Waals surface area contributed by atoms with Gasteiger partial charge >= 0.3 is 0 Å². The van der Waals surface area contributed by atoms with Crippen LogP contribution in [0.1, 0.15) is 52.7 Å². The molecular formula is C37H46O2Si2. The first kappa shape index (κ1) is 29.4. The summed E-state index contributed by atoms with van der Waals surface area (Å²) in [5.41, 5.74) is 10.5. The Labute approximate surface area is 250 Å². The maximum atomic E-state index is 6.62. The molecule has 0 N–H and O–H groups in total. The van der Waals surface area contributed by atoms with Crippen molar-refractivity contribution in [3.63, 3.8) is 0 Å². The summed E-state index contributed by atoms with van der Waals surface area (Å²) in [5, 5.41) is 0.319. The lowest BCUT2D eigenvalue weighted by atomic mass is 9.88. The fourth-order valence-corrected chi connectivity index (χ4v) is 7.13. The van der Waals surface area contributed by atoms with E-state index >= 15 is 0 Å². The molecule has 0 aliphatic heterocycles. The van der Waals surface area contributed by atoms with E-state index in [-0.39, 0.29) is 10.1 Å². The Morgan fingerprint density at radius 1 is 0.512 bits per heavy atom. The summed E-state index contributed by atoms with van der Waals surface area (Å²) < 4.78 is 13.2. The lowest BCUT2D eigenvalue weighted by molar-refractivity contribution is 0.492. The molecule has 0 saturated heterocycles. The average molecular weight is 579 g/mol. The highest BCUT2D eigenvalue weighted by Gasteiger charge is 2.40. The molecule has 0 spiro atoms. The van der Waals surface area contributed by atoms with Gasteiger partial charge < -0.3 is 8.85 Å². The van der Waals surface area contributed by atoms with Gasteiger partial charge in [-0.2, -0.15) is 0 Å². The molecule has 0 heterocycles. The normalized spacial score (nSPS) is 13.5. The van der Waals surface area contributed by atoms with Crippen molar-refractivity contribution in [3.05, 3.63) is 96.1 Å². The predicted octanol–water partition coefficient (Wildman–Crippen LogP) is 11.4. The number of hydrogen-bond acceptors (Lipinski definition) is 2. The zero-order valence-electron chi connectivity index (χ0n) is 26.6. The number of benzene rings is 4. The van der Waals surface area contributed by atoms with Crippen LogP contribution in [0.5, 0.6) is 11.5 Å². The first-order chi connectivity index (χ1) is 19.1. The van der Waals surface area contributed by atoms with Gasteiger partial charge in [-0.1, -0.05) is 102 Å². The van der Waals surface area contributed by atoms with Crippen LogP contribution in [0.3, 0.4) is 0 Å². The first-order valence-electron chi connectivity index (χ1n) is 14.9. The molecule has 1 aliphatic carbocycles. The molecule has 2 nitrogen and oxygen atoms in total. The molecule has 5 rings (SSSR count). The summed E-state index contributed by atoms with van der Waals surface area (Å²) in [6.45, 7) is 22.9. The van der Waals surface area contributed by atoms with E-state index in [9.17, 15) is 0 Å². The summed E-state index contributed by atoms with van der Waals surface area (Å²) in [6, 6.07) is 31.0. The number of hydrogen-bond donors (Lipinski definition) is 0. The molecule has 4 heteroatoms. The van der Waals surface area contributed by atoms with E-state index in [0.717, 1.165) is 17.9 Å². The van der Waals surface area contributed by atoms with Gasteiger partial charge in [0.05, 0.1) is 0 Å². The molecule has 41 heavy (non-hydrogen) atoms. The fourth-order valence-electron chi connectivity index (χ4n) is 5.07. The summed E-state index contributed by atoms with van der Waals surface area (Å²) >= 11 is 0. The van der Waals surface area contributed by atoms with Gasteiger partial charge in [-0.15, -0.1) is 0 Å². The predicted molar refractivity (Wildman–Crippen MR) is 181 cm³/mol. The van der Waals surface area contributed by atoms with Gasteiger partial charge in [0.2, 0.25) is 16.6 Å². The van der Waals surface area contributed by atoms with Crippen LogP contribution in [-0.2, 0) is 6.42 Å². The first-order valence-corrected chi connectivity index (χ1v) is 20.7. The second-order valence-electron chi connectivity index (χ2n) is 14.6. The zero-order chi connectivity index (χ0) is 29.8. The zero-order valence-corrected chi connectivity index (χ0v) is 28.6. The molecule has 0 atom stereocenters. The van der Waals surface area contributed by atoms with Crippen LogP contribution in [-0.4, -0.2) is 16.6 Å². The van der Waals surface area contributed by atoms with Gasteiger partial charge in [0, 0.05) is 0 Å². The SMILES string of the molecule is CC(C)(C)[Si](C)(C)Oc1ccc(-c2ccc3c(c2-c2ccc(O[Si](C)(C)C(C)(C)C)cc2)Cc2ccccc2-3)cc1. The van der Waals surface area contributed by atoms with Crippen molar-refractivity contribution in [2.75, 3.05) is 0 Å². The van der Waals surface area contributed by atoms with Crippen molar-refractivity contribution in [1.29, 1.82) is 0 Å². The van der Waals surface area contributed by atoms with E-state index in [0.29, 0.717) is 0 Å². The highest BCUT2D eigenvalue weighted by atomic mass is 28.4. The molecule has 0 radical (unpaired) electrons. The highest BCUT2D eigenvalue weighted by molar-refractivity contribution is 6.75. The van der Waals surface area contributed by atoms with E-state index < -0.39 is 16.6 Å². The van der Waals surface area contributed by atoms with Crippen LogP contribution in [0, 0.1) is 0 Å². The molecule has 214 valence electrons. The summed E-state index contributed by atoms with van der Waals surface area (Å²) in [4.78, 5) is 0. The molecule has 0 amide bonds. The van der Waals surface area contributed by atoms with Gasteiger partial charge in [-0.3, -0.25) is 0 Å². The van der Waals surface area contributed by atoms with Crippen molar-refractivity contribution >= 4 is 16.6 Å². The molecule has 4 aromatic rings. The van der Waals surface area contributed by atoms with Crippen LogP contribution >= 0.6 is 0 Å². The second-order valence-corrected chi connectivity index (χ2v) is 24.1.